The monoisotopic (exact) mass is 495 g/mol. The van der Waals surface area contributed by atoms with Crippen molar-refractivity contribution in [2.75, 3.05) is 27.3 Å². The second kappa shape index (κ2) is 10.5. The number of aliphatic imine (C=N–C) groups is 1. The van der Waals surface area contributed by atoms with Gasteiger partial charge in [0.1, 0.15) is 11.5 Å². The smallest absolute Gasteiger partial charge is 0.191 e. The van der Waals surface area contributed by atoms with Crippen LogP contribution in [0.4, 0.5) is 0 Å². The number of hydrogen-bond acceptors (Lipinski definition) is 3. The predicted octanol–water partition coefficient (Wildman–Crippen LogP) is 4.03. The van der Waals surface area contributed by atoms with Crippen LogP contribution in [0.2, 0.25) is 0 Å². The molecule has 0 saturated heterocycles. The first-order valence-corrected chi connectivity index (χ1v) is 9.47. The fraction of sp³-hybridized carbons (Fsp3) is 0.409. The molecule has 2 N–H and O–H groups in total. The maximum Gasteiger partial charge on any atom is 0.191 e. The van der Waals surface area contributed by atoms with Gasteiger partial charge < -0.3 is 20.1 Å². The fourth-order valence-electron chi connectivity index (χ4n) is 3.39. The van der Waals surface area contributed by atoms with Crippen LogP contribution in [0.15, 0.2) is 41.4 Å². The van der Waals surface area contributed by atoms with Crippen molar-refractivity contribution in [1.82, 2.24) is 10.6 Å². The molecule has 28 heavy (non-hydrogen) atoms. The van der Waals surface area contributed by atoms with E-state index in [1.54, 1.807) is 14.2 Å². The van der Waals surface area contributed by atoms with Crippen molar-refractivity contribution < 1.29 is 9.47 Å². The van der Waals surface area contributed by atoms with Crippen molar-refractivity contribution in [2.24, 2.45) is 4.99 Å². The first-order chi connectivity index (χ1) is 13.1. The van der Waals surface area contributed by atoms with E-state index in [1.807, 2.05) is 6.07 Å². The lowest BCUT2D eigenvalue weighted by Gasteiger charge is -2.20. The lowest BCUT2D eigenvalue weighted by molar-refractivity contribution is 0.357. The van der Waals surface area contributed by atoms with Gasteiger partial charge in [-0.1, -0.05) is 29.8 Å². The van der Waals surface area contributed by atoms with Gasteiger partial charge in [-0.25, -0.2) is 0 Å². The van der Waals surface area contributed by atoms with Gasteiger partial charge in [-0.05, 0) is 43.5 Å². The summed E-state index contributed by atoms with van der Waals surface area (Å²) in [5.41, 5.74) is 4.97. The summed E-state index contributed by atoms with van der Waals surface area (Å²) in [5, 5.41) is 6.86. The molecule has 1 unspecified atom stereocenters. The van der Waals surface area contributed by atoms with E-state index in [2.05, 4.69) is 59.8 Å². The highest BCUT2D eigenvalue weighted by Crippen LogP contribution is 2.27. The topological polar surface area (TPSA) is 54.9 Å². The molecule has 0 aliphatic carbocycles. The van der Waals surface area contributed by atoms with E-state index in [1.165, 1.54) is 16.7 Å². The van der Waals surface area contributed by atoms with Crippen molar-refractivity contribution in [1.29, 1.82) is 0 Å². The number of aryl methyl sites for hydroxylation is 1. The number of methoxy groups -OCH3 is 1. The van der Waals surface area contributed by atoms with E-state index < -0.39 is 0 Å². The summed E-state index contributed by atoms with van der Waals surface area (Å²) >= 11 is 0. The predicted molar refractivity (Wildman–Crippen MR) is 125 cm³/mol. The maximum atomic E-state index is 5.57. The molecule has 6 heteroatoms. The lowest BCUT2D eigenvalue weighted by Crippen LogP contribution is -2.39. The quantitative estimate of drug-likeness (QED) is 0.361. The van der Waals surface area contributed by atoms with E-state index >= 15 is 0 Å². The SMILES string of the molecule is CN=C(NCCc1ccc2c(c1)CCO2)NC(C)c1cc(C)ccc1OC.I. The molecule has 2 aromatic rings. The summed E-state index contributed by atoms with van der Waals surface area (Å²) in [5.74, 6) is 2.71. The fourth-order valence-corrected chi connectivity index (χ4v) is 3.39. The Balaban J connectivity index is 0.00000280. The minimum Gasteiger partial charge on any atom is -0.496 e. The van der Waals surface area contributed by atoms with Crippen LogP contribution >= 0.6 is 24.0 Å². The number of nitrogens with one attached hydrogen (secondary N) is 2. The number of nitrogens with zero attached hydrogens (tertiary/aromatic N) is 1. The molecule has 0 amide bonds. The summed E-state index contributed by atoms with van der Waals surface area (Å²) < 4.78 is 11.1. The molecule has 2 aromatic carbocycles. The molecule has 0 fully saturated rings. The van der Waals surface area contributed by atoms with Crippen LogP contribution in [0.25, 0.3) is 0 Å². The normalized spacial score (nSPS) is 13.8. The van der Waals surface area contributed by atoms with Gasteiger partial charge in [-0.3, -0.25) is 4.99 Å². The molecule has 0 saturated carbocycles. The third-order valence-corrected chi connectivity index (χ3v) is 4.89. The molecular weight excluding hydrogens is 465 g/mol. The number of hydrogen-bond donors (Lipinski definition) is 2. The minimum absolute atomic E-state index is 0. The lowest BCUT2D eigenvalue weighted by atomic mass is 10.0. The summed E-state index contributed by atoms with van der Waals surface area (Å²) in [6.45, 7) is 5.82. The van der Waals surface area contributed by atoms with Crippen LogP contribution in [-0.2, 0) is 12.8 Å². The van der Waals surface area contributed by atoms with Crippen molar-refractivity contribution in [2.45, 2.75) is 32.7 Å². The molecule has 0 radical (unpaired) electrons. The van der Waals surface area contributed by atoms with Crippen LogP contribution in [0.3, 0.4) is 0 Å². The maximum absolute atomic E-state index is 5.57. The molecule has 1 atom stereocenters. The third-order valence-electron chi connectivity index (χ3n) is 4.89. The van der Waals surface area contributed by atoms with Gasteiger partial charge in [0, 0.05) is 25.6 Å². The zero-order chi connectivity index (χ0) is 19.2. The molecule has 152 valence electrons. The molecule has 1 aliphatic heterocycles. The van der Waals surface area contributed by atoms with Gasteiger partial charge >= 0.3 is 0 Å². The van der Waals surface area contributed by atoms with Gasteiger partial charge in [0.05, 0.1) is 19.8 Å². The third kappa shape index (κ3) is 5.53. The van der Waals surface area contributed by atoms with E-state index in [4.69, 9.17) is 9.47 Å². The Morgan fingerprint density at radius 3 is 2.82 bits per heavy atom. The molecule has 1 aliphatic rings. The summed E-state index contributed by atoms with van der Waals surface area (Å²) in [6.07, 6.45) is 1.95. The summed E-state index contributed by atoms with van der Waals surface area (Å²) in [7, 11) is 3.50. The number of benzene rings is 2. The van der Waals surface area contributed by atoms with Crippen LogP contribution in [-0.4, -0.2) is 33.3 Å². The molecule has 1 heterocycles. The molecule has 0 bridgehead atoms. The Bertz CT molecular complexity index is 823. The Morgan fingerprint density at radius 1 is 1.25 bits per heavy atom. The number of rotatable bonds is 6. The van der Waals surface area contributed by atoms with Gasteiger partial charge in [-0.15, -0.1) is 24.0 Å². The largest absolute Gasteiger partial charge is 0.496 e. The average Bonchev–Trinajstić information content (AvgIpc) is 3.14. The molecule has 0 aromatic heterocycles. The van der Waals surface area contributed by atoms with Crippen LogP contribution in [0.1, 0.15) is 35.2 Å². The molecule has 5 nitrogen and oxygen atoms in total. The highest BCUT2D eigenvalue weighted by molar-refractivity contribution is 14.0. The van der Waals surface area contributed by atoms with Crippen LogP contribution < -0.4 is 20.1 Å². The van der Waals surface area contributed by atoms with Crippen molar-refractivity contribution >= 4 is 29.9 Å². The van der Waals surface area contributed by atoms with Gasteiger partial charge in [0.15, 0.2) is 5.96 Å². The Morgan fingerprint density at radius 2 is 2.07 bits per heavy atom. The van der Waals surface area contributed by atoms with E-state index in [0.29, 0.717) is 0 Å². The molecule has 0 spiro atoms. The Labute approximate surface area is 184 Å². The first kappa shape index (κ1) is 22.3. The van der Waals surface area contributed by atoms with Crippen LogP contribution in [0, 0.1) is 6.92 Å². The van der Waals surface area contributed by atoms with E-state index in [0.717, 1.165) is 49.0 Å². The van der Waals surface area contributed by atoms with Gasteiger partial charge in [0.25, 0.3) is 0 Å². The van der Waals surface area contributed by atoms with Gasteiger partial charge in [0.2, 0.25) is 0 Å². The highest BCUT2D eigenvalue weighted by atomic mass is 127. The summed E-state index contributed by atoms with van der Waals surface area (Å²) in [6, 6.07) is 12.8. The number of ether oxygens (including phenoxy) is 2. The highest BCUT2D eigenvalue weighted by Gasteiger charge is 2.14. The zero-order valence-corrected chi connectivity index (χ0v) is 19.4. The zero-order valence-electron chi connectivity index (χ0n) is 17.0. The standard InChI is InChI=1S/C22H29N3O2.HI/c1-15-5-7-21(26-4)19(13-15)16(2)25-22(23-3)24-11-9-17-6-8-20-18(14-17)10-12-27-20;/h5-8,13-14,16H,9-12H2,1-4H3,(H2,23,24,25);1H. The van der Waals surface area contributed by atoms with Crippen molar-refractivity contribution in [3.63, 3.8) is 0 Å². The van der Waals surface area contributed by atoms with Crippen molar-refractivity contribution in [3.8, 4) is 11.5 Å². The van der Waals surface area contributed by atoms with E-state index in [9.17, 15) is 0 Å². The number of guanidine groups is 1. The van der Waals surface area contributed by atoms with E-state index in [-0.39, 0.29) is 30.0 Å². The Kier molecular flexibility index (Phi) is 8.41. The number of halogens is 1. The molecule has 3 rings (SSSR count). The number of fused-ring (bicyclic) bond motifs is 1. The second-order valence-electron chi connectivity index (χ2n) is 6.90. The first-order valence-electron chi connectivity index (χ1n) is 9.47. The summed E-state index contributed by atoms with van der Waals surface area (Å²) in [4.78, 5) is 4.35. The average molecular weight is 495 g/mol. The Hall–Kier alpha value is -1.96. The van der Waals surface area contributed by atoms with Crippen molar-refractivity contribution in [3.05, 3.63) is 58.7 Å². The van der Waals surface area contributed by atoms with Gasteiger partial charge in [-0.2, -0.15) is 0 Å². The molecular formula is C22H30IN3O2. The minimum atomic E-state index is 0. The second-order valence-corrected chi connectivity index (χ2v) is 6.90. The van der Waals surface area contributed by atoms with Crippen LogP contribution in [0.5, 0.6) is 11.5 Å².